The van der Waals surface area contributed by atoms with Crippen molar-refractivity contribution < 1.29 is 9.90 Å². The molecule has 3 N–H and O–H groups in total. The minimum absolute atomic E-state index is 0.0259. The van der Waals surface area contributed by atoms with Crippen LogP contribution in [0.5, 0.6) is 0 Å². The van der Waals surface area contributed by atoms with Crippen LogP contribution in [-0.2, 0) is 4.79 Å². The molecule has 0 saturated heterocycles. The van der Waals surface area contributed by atoms with E-state index >= 15 is 0 Å². The van der Waals surface area contributed by atoms with Crippen LogP contribution in [0.3, 0.4) is 0 Å². The van der Waals surface area contributed by atoms with Gasteiger partial charge in [-0.3, -0.25) is 4.79 Å². The number of carbonyl (C=O) groups excluding carboxylic acids is 1. The zero-order chi connectivity index (χ0) is 12.9. The van der Waals surface area contributed by atoms with Gasteiger partial charge in [0, 0.05) is 18.5 Å². The summed E-state index contributed by atoms with van der Waals surface area (Å²) >= 11 is 0. The maximum absolute atomic E-state index is 11.9. The molecule has 0 spiro atoms. The lowest BCUT2D eigenvalue weighted by Gasteiger charge is -2.36. The predicted molar refractivity (Wildman–Crippen MR) is 68.8 cm³/mol. The Kier molecular flexibility index (Phi) is 4.95. The van der Waals surface area contributed by atoms with Crippen LogP contribution in [0.2, 0.25) is 0 Å². The minimum Gasteiger partial charge on any atom is -0.389 e. The number of hydrogen-bond donors (Lipinski definition) is 3. The smallest absolute Gasteiger partial charge is 0.221 e. The average Bonchev–Trinajstić information content (AvgIpc) is 2.27. The van der Waals surface area contributed by atoms with E-state index in [1.165, 1.54) is 19.3 Å². The summed E-state index contributed by atoms with van der Waals surface area (Å²) in [6, 6.07) is 0. The van der Waals surface area contributed by atoms with E-state index in [0.29, 0.717) is 13.0 Å². The Morgan fingerprint density at radius 3 is 2.35 bits per heavy atom. The highest BCUT2D eigenvalue weighted by Gasteiger charge is 2.32. The second kappa shape index (κ2) is 5.83. The molecule has 1 fully saturated rings. The summed E-state index contributed by atoms with van der Waals surface area (Å²) in [7, 11) is 1.94. The molecule has 100 valence electrons. The molecule has 0 aromatic rings. The average molecular weight is 242 g/mol. The molecule has 1 aliphatic rings. The van der Waals surface area contributed by atoms with Crippen molar-refractivity contribution in [3.8, 4) is 0 Å². The van der Waals surface area contributed by atoms with E-state index in [9.17, 15) is 9.90 Å². The third kappa shape index (κ3) is 5.04. The molecule has 0 unspecified atom stereocenters. The fourth-order valence-corrected chi connectivity index (χ4v) is 2.43. The molecule has 0 radical (unpaired) electrons. The van der Waals surface area contributed by atoms with E-state index < -0.39 is 5.60 Å². The first kappa shape index (κ1) is 14.5. The van der Waals surface area contributed by atoms with Crippen molar-refractivity contribution in [1.29, 1.82) is 0 Å². The highest BCUT2D eigenvalue weighted by atomic mass is 16.3. The van der Waals surface area contributed by atoms with Crippen LogP contribution >= 0.6 is 0 Å². The van der Waals surface area contributed by atoms with Gasteiger partial charge >= 0.3 is 0 Å². The number of aliphatic hydroxyl groups is 1. The van der Waals surface area contributed by atoms with E-state index in [-0.39, 0.29) is 11.4 Å². The molecule has 1 aliphatic carbocycles. The Morgan fingerprint density at radius 2 is 1.88 bits per heavy atom. The lowest BCUT2D eigenvalue weighted by molar-refractivity contribution is -0.123. The number of hydrogen-bond acceptors (Lipinski definition) is 3. The third-order valence-corrected chi connectivity index (χ3v) is 3.56. The summed E-state index contributed by atoms with van der Waals surface area (Å²) in [4.78, 5) is 11.9. The van der Waals surface area contributed by atoms with Crippen LogP contribution in [0.25, 0.3) is 0 Å². The second-order valence-electron chi connectivity index (χ2n) is 5.86. The van der Waals surface area contributed by atoms with Gasteiger partial charge in [0.2, 0.25) is 5.91 Å². The predicted octanol–water partition coefficient (Wildman–Crippen LogP) is 1.19. The van der Waals surface area contributed by atoms with Gasteiger partial charge in [0.05, 0.1) is 5.60 Å². The summed E-state index contributed by atoms with van der Waals surface area (Å²) in [5.41, 5.74) is -0.864. The van der Waals surface area contributed by atoms with Crippen molar-refractivity contribution in [1.82, 2.24) is 10.6 Å². The first-order valence-corrected chi connectivity index (χ1v) is 6.55. The molecule has 0 atom stereocenters. The molecule has 17 heavy (non-hydrogen) atoms. The standard InChI is InChI=1S/C13H26N2O2/c1-12(2,17)10-15-11(16)9-13(14-3)7-5-4-6-8-13/h14,17H,4-10H2,1-3H3,(H,15,16). The van der Waals surface area contributed by atoms with Gasteiger partial charge in [-0.05, 0) is 33.7 Å². The van der Waals surface area contributed by atoms with Crippen molar-refractivity contribution in [2.24, 2.45) is 0 Å². The number of amides is 1. The Bertz CT molecular complexity index is 253. The third-order valence-electron chi connectivity index (χ3n) is 3.56. The summed E-state index contributed by atoms with van der Waals surface area (Å²) in [5.74, 6) is 0.0309. The largest absolute Gasteiger partial charge is 0.389 e. The normalized spacial score (nSPS) is 20.0. The van der Waals surface area contributed by atoms with Gasteiger partial charge in [-0.25, -0.2) is 0 Å². The van der Waals surface area contributed by atoms with Crippen molar-refractivity contribution >= 4 is 5.91 Å². The van der Waals surface area contributed by atoms with E-state index in [1.807, 2.05) is 7.05 Å². The van der Waals surface area contributed by atoms with E-state index in [2.05, 4.69) is 10.6 Å². The molecule has 1 rings (SSSR count). The highest BCUT2D eigenvalue weighted by molar-refractivity contribution is 5.77. The van der Waals surface area contributed by atoms with Crippen LogP contribution in [-0.4, -0.2) is 35.7 Å². The maximum atomic E-state index is 11.9. The first-order valence-electron chi connectivity index (χ1n) is 6.55. The number of carbonyl (C=O) groups is 1. The molecule has 0 aromatic heterocycles. The molecular formula is C13H26N2O2. The number of rotatable bonds is 5. The van der Waals surface area contributed by atoms with E-state index in [1.54, 1.807) is 13.8 Å². The number of nitrogens with one attached hydrogen (secondary N) is 2. The van der Waals surface area contributed by atoms with E-state index in [0.717, 1.165) is 12.8 Å². The van der Waals surface area contributed by atoms with Gasteiger partial charge in [-0.2, -0.15) is 0 Å². The lowest BCUT2D eigenvalue weighted by atomic mass is 9.79. The van der Waals surface area contributed by atoms with Gasteiger partial charge in [0.15, 0.2) is 0 Å². The van der Waals surface area contributed by atoms with Gasteiger partial charge in [0.1, 0.15) is 0 Å². The molecule has 0 bridgehead atoms. The maximum Gasteiger partial charge on any atom is 0.221 e. The Balaban J connectivity index is 2.42. The fraction of sp³-hybridized carbons (Fsp3) is 0.923. The zero-order valence-corrected chi connectivity index (χ0v) is 11.3. The monoisotopic (exact) mass is 242 g/mol. The summed E-state index contributed by atoms with van der Waals surface area (Å²) < 4.78 is 0. The fourth-order valence-electron chi connectivity index (χ4n) is 2.43. The molecule has 1 amide bonds. The van der Waals surface area contributed by atoms with Gasteiger partial charge in [-0.15, -0.1) is 0 Å². The Hall–Kier alpha value is -0.610. The van der Waals surface area contributed by atoms with Crippen LogP contribution in [0.1, 0.15) is 52.4 Å². The molecule has 0 aliphatic heterocycles. The highest BCUT2D eigenvalue weighted by Crippen LogP contribution is 2.30. The van der Waals surface area contributed by atoms with Crippen LogP contribution < -0.4 is 10.6 Å². The first-order chi connectivity index (χ1) is 7.87. The molecule has 4 heteroatoms. The zero-order valence-electron chi connectivity index (χ0n) is 11.3. The minimum atomic E-state index is -0.838. The second-order valence-corrected chi connectivity index (χ2v) is 5.86. The van der Waals surface area contributed by atoms with E-state index in [4.69, 9.17) is 0 Å². The van der Waals surface area contributed by atoms with Gasteiger partial charge < -0.3 is 15.7 Å². The Labute approximate surface area is 104 Å². The molecule has 0 aromatic carbocycles. The van der Waals surface area contributed by atoms with Crippen molar-refractivity contribution in [3.05, 3.63) is 0 Å². The lowest BCUT2D eigenvalue weighted by Crippen LogP contribution is -2.49. The summed E-state index contributed by atoms with van der Waals surface area (Å²) in [6.45, 7) is 3.70. The quantitative estimate of drug-likeness (QED) is 0.678. The van der Waals surface area contributed by atoms with Gasteiger partial charge in [-0.1, -0.05) is 19.3 Å². The van der Waals surface area contributed by atoms with Crippen LogP contribution in [0.4, 0.5) is 0 Å². The van der Waals surface area contributed by atoms with Crippen molar-refractivity contribution in [3.63, 3.8) is 0 Å². The van der Waals surface area contributed by atoms with Crippen molar-refractivity contribution in [2.45, 2.75) is 63.5 Å². The summed E-state index contributed by atoms with van der Waals surface area (Å²) in [6.07, 6.45) is 6.31. The topological polar surface area (TPSA) is 61.4 Å². The van der Waals surface area contributed by atoms with Crippen LogP contribution in [0.15, 0.2) is 0 Å². The van der Waals surface area contributed by atoms with Crippen molar-refractivity contribution in [2.75, 3.05) is 13.6 Å². The Morgan fingerprint density at radius 1 is 1.29 bits per heavy atom. The molecule has 0 heterocycles. The molecular weight excluding hydrogens is 216 g/mol. The van der Waals surface area contributed by atoms with Gasteiger partial charge in [0.25, 0.3) is 0 Å². The summed E-state index contributed by atoms with van der Waals surface area (Å²) in [5, 5.41) is 15.7. The SMILES string of the molecule is CNC1(CC(=O)NCC(C)(C)O)CCCCC1. The molecule has 4 nitrogen and oxygen atoms in total. The molecule has 1 saturated carbocycles. The van der Waals surface area contributed by atoms with Crippen LogP contribution in [0, 0.1) is 0 Å².